The van der Waals surface area contributed by atoms with Crippen LogP contribution in [-0.2, 0) is 0 Å². The molecule has 73 valence electrons. The number of nitrogens with one attached hydrogen (secondary N) is 1. The number of methoxy groups -OCH3 is 1. The van der Waals surface area contributed by atoms with Crippen molar-refractivity contribution in [1.29, 1.82) is 0 Å². The normalized spacial score (nSPS) is 11.1. The van der Waals surface area contributed by atoms with E-state index in [1.54, 1.807) is 7.11 Å². The third-order valence-electron chi connectivity index (χ3n) is 2.41. The monoisotopic (exact) mass is 188 g/mol. The Morgan fingerprint density at radius 2 is 2.14 bits per heavy atom. The van der Waals surface area contributed by atoms with E-state index in [0.717, 1.165) is 16.7 Å². The van der Waals surface area contributed by atoms with Gasteiger partial charge in [-0.3, -0.25) is 0 Å². The lowest BCUT2D eigenvalue weighted by atomic mass is 10.1. The van der Waals surface area contributed by atoms with Crippen molar-refractivity contribution in [1.82, 2.24) is 4.98 Å². The number of hydrogen-bond donors (Lipinski definition) is 1. The van der Waals surface area contributed by atoms with Gasteiger partial charge in [0, 0.05) is 11.1 Å². The Balaban J connectivity index is 2.64. The Morgan fingerprint density at radius 1 is 1.36 bits per heavy atom. The molecule has 1 radical (unpaired) electrons. The number of aromatic nitrogens is 1. The minimum absolute atomic E-state index is 0.507. The SMILES string of the molecule is COc1c[c]cc2cc(C(C)C)[nH]c12. The van der Waals surface area contributed by atoms with Gasteiger partial charge in [-0.05, 0) is 30.2 Å². The molecule has 0 saturated carbocycles. The molecule has 0 spiro atoms. The van der Waals surface area contributed by atoms with Crippen molar-refractivity contribution in [3.63, 3.8) is 0 Å². The molecule has 14 heavy (non-hydrogen) atoms. The summed E-state index contributed by atoms with van der Waals surface area (Å²) >= 11 is 0. The summed E-state index contributed by atoms with van der Waals surface area (Å²) in [7, 11) is 1.68. The second kappa shape index (κ2) is 3.37. The zero-order valence-electron chi connectivity index (χ0n) is 8.72. The molecule has 1 heterocycles. The molecule has 0 atom stereocenters. The lowest BCUT2D eigenvalue weighted by molar-refractivity contribution is 0.419. The zero-order chi connectivity index (χ0) is 10.1. The van der Waals surface area contributed by atoms with Crippen LogP contribution in [0.1, 0.15) is 25.5 Å². The summed E-state index contributed by atoms with van der Waals surface area (Å²) in [6.07, 6.45) is 0. The van der Waals surface area contributed by atoms with Crippen LogP contribution in [0, 0.1) is 6.07 Å². The molecular weight excluding hydrogens is 174 g/mol. The average Bonchev–Trinajstić information content (AvgIpc) is 2.60. The summed E-state index contributed by atoms with van der Waals surface area (Å²) < 4.78 is 5.26. The molecule has 2 aromatic rings. The first-order valence-electron chi connectivity index (χ1n) is 4.79. The van der Waals surface area contributed by atoms with Crippen LogP contribution >= 0.6 is 0 Å². The second-order valence-corrected chi connectivity index (χ2v) is 3.73. The van der Waals surface area contributed by atoms with Gasteiger partial charge in [0.2, 0.25) is 0 Å². The molecule has 0 amide bonds. The van der Waals surface area contributed by atoms with E-state index in [2.05, 4.69) is 31.0 Å². The van der Waals surface area contributed by atoms with Crippen molar-refractivity contribution in [3.8, 4) is 5.75 Å². The van der Waals surface area contributed by atoms with Gasteiger partial charge < -0.3 is 9.72 Å². The van der Waals surface area contributed by atoms with Crippen LogP contribution in [0.15, 0.2) is 18.2 Å². The van der Waals surface area contributed by atoms with Gasteiger partial charge in [-0.2, -0.15) is 0 Å². The van der Waals surface area contributed by atoms with Crippen molar-refractivity contribution >= 4 is 10.9 Å². The average molecular weight is 188 g/mol. The van der Waals surface area contributed by atoms with Crippen molar-refractivity contribution in [2.75, 3.05) is 7.11 Å². The predicted octanol–water partition coefficient (Wildman–Crippen LogP) is 3.10. The van der Waals surface area contributed by atoms with Gasteiger partial charge >= 0.3 is 0 Å². The number of rotatable bonds is 2. The summed E-state index contributed by atoms with van der Waals surface area (Å²) in [4.78, 5) is 3.37. The van der Waals surface area contributed by atoms with Crippen LogP contribution in [0.25, 0.3) is 10.9 Å². The summed E-state index contributed by atoms with van der Waals surface area (Å²) in [5.74, 6) is 1.36. The van der Waals surface area contributed by atoms with Crippen LogP contribution < -0.4 is 4.74 Å². The fourth-order valence-corrected chi connectivity index (χ4v) is 1.56. The van der Waals surface area contributed by atoms with Gasteiger partial charge in [0.25, 0.3) is 0 Å². The Morgan fingerprint density at radius 3 is 2.79 bits per heavy atom. The zero-order valence-corrected chi connectivity index (χ0v) is 8.72. The van der Waals surface area contributed by atoms with Crippen molar-refractivity contribution in [3.05, 3.63) is 30.0 Å². The summed E-state index contributed by atoms with van der Waals surface area (Å²) in [6.45, 7) is 4.34. The van der Waals surface area contributed by atoms with Crippen molar-refractivity contribution in [2.45, 2.75) is 19.8 Å². The fourth-order valence-electron chi connectivity index (χ4n) is 1.56. The van der Waals surface area contributed by atoms with Gasteiger partial charge in [-0.15, -0.1) is 0 Å². The molecule has 0 unspecified atom stereocenters. The maximum Gasteiger partial charge on any atom is 0.143 e. The Bertz CT molecular complexity index is 443. The van der Waals surface area contributed by atoms with Crippen LogP contribution in [-0.4, -0.2) is 12.1 Å². The number of ether oxygens (including phenoxy) is 1. The number of H-pyrrole nitrogens is 1. The largest absolute Gasteiger partial charge is 0.495 e. The number of benzene rings is 1. The lowest BCUT2D eigenvalue weighted by Gasteiger charge is -2.01. The molecule has 0 aliphatic carbocycles. The van der Waals surface area contributed by atoms with Crippen LogP contribution in [0.2, 0.25) is 0 Å². The molecule has 0 saturated heterocycles. The summed E-state index contributed by atoms with van der Waals surface area (Å²) in [5.41, 5.74) is 2.30. The quantitative estimate of drug-likeness (QED) is 0.769. The molecule has 0 aliphatic rings. The van der Waals surface area contributed by atoms with Crippen LogP contribution in [0.4, 0.5) is 0 Å². The van der Waals surface area contributed by atoms with E-state index < -0.39 is 0 Å². The Kier molecular flexibility index (Phi) is 2.20. The van der Waals surface area contributed by atoms with E-state index in [-0.39, 0.29) is 0 Å². The highest BCUT2D eigenvalue weighted by Gasteiger charge is 2.07. The predicted molar refractivity (Wildman–Crippen MR) is 57.8 cm³/mol. The number of fused-ring (bicyclic) bond motifs is 1. The molecule has 0 fully saturated rings. The molecule has 0 aliphatic heterocycles. The fraction of sp³-hybridized carbons (Fsp3) is 0.333. The first-order valence-corrected chi connectivity index (χ1v) is 4.79. The van der Waals surface area contributed by atoms with Gasteiger partial charge in [0.05, 0.1) is 12.6 Å². The van der Waals surface area contributed by atoms with E-state index in [9.17, 15) is 0 Å². The van der Waals surface area contributed by atoms with Gasteiger partial charge in [-0.25, -0.2) is 0 Å². The van der Waals surface area contributed by atoms with E-state index >= 15 is 0 Å². The lowest BCUT2D eigenvalue weighted by Crippen LogP contribution is -1.86. The molecule has 2 nitrogen and oxygen atoms in total. The topological polar surface area (TPSA) is 25.0 Å². The Labute approximate surface area is 83.9 Å². The molecular formula is C12H14NO. The Hall–Kier alpha value is -1.44. The van der Waals surface area contributed by atoms with Crippen LogP contribution in [0.3, 0.4) is 0 Å². The van der Waals surface area contributed by atoms with E-state index in [4.69, 9.17) is 4.74 Å². The summed E-state index contributed by atoms with van der Waals surface area (Å²) in [5, 5.41) is 1.16. The minimum atomic E-state index is 0.507. The highest BCUT2D eigenvalue weighted by atomic mass is 16.5. The third-order valence-corrected chi connectivity index (χ3v) is 2.41. The van der Waals surface area contributed by atoms with Crippen molar-refractivity contribution in [2.24, 2.45) is 0 Å². The minimum Gasteiger partial charge on any atom is -0.495 e. The second-order valence-electron chi connectivity index (χ2n) is 3.73. The summed E-state index contributed by atoms with van der Waals surface area (Å²) in [6, 6.07) is 9.04. The van der Waals surface area contributed by atoms with E-state index in [1.807, 2.05) is 12.1 Å². The van der Waals surface area contributed by atoms with Crippen molar-refractivity contribution < 1.29 is 4.74 Å². The smallest absolute Gasteiger partial charge is 0.143 e. The van der Waals surface area contributed by atoms with Gasteiger partial charge in [0.15, 0.2) is 0 Å². The van der Waals surface area contributed by atoms with E-state index in [0.29, 0.717) is 5.92 Å². The molecule has 1 aromatic carbocycles. The molecule has 2 heteroatoms. The van der Waals surface area contributed by atoms with E-state index in [1.165, 1.54) is 5.69 Å². The van der Waals surface area contributed by atoms with Crippen LogP contribution in [0.5, 0.6) is 5.75 Å². The van der Waals surface area contributed by atoms with Gasteiger partial charge in [0.1, 0.15) is 5.75 Å². The highest BCUT2D eigenvalue weighted by molar-refractivity contribution is 5.86. The number of hydrogen-bond acceptors (Lipinski definition) is 1. The number of aromatic amines is 1. The maximum absolute atomic E-state index is 5.26. The third kappa shape index (κ3) is 1.37. The first-order chi connectivity index (χ1) is 6.72. The van der Waals surface area contributed by atoms with Gasteiger partial charge in [-0.1, -0.05) is 13.8 Å². The molecule has 1 N–H and O–H groups in total. The maximum atomic E-state index is 5.26. The molecule has 1 aromatic heterocycles. The standard InChI is InChI=1S/C12H14NO/c1-8(2)10-7-9-5-4-6-11(14-3)12(9)13-10/h5-8,13H,1-3H3. The first kappa shape index (κ1) is 9.13. The highest BCUT2D eigenvalue weighted by Crippen LogP contribution is 2.27. The molecule has 0 bridgehead atoms. The molecule has 2 rings (SSSR count).